The average Bonchev–Trinajstić information content (AvgIpc) is 2.98. The molecule has 1 aromatic rings. The summed E-state index contributed by atoms with van der Waals surface area (Å²) in [4.78, 5) is 2.49. The fourth-order valence-corrected chi connectivity index (χ4v) is 2.43. The largest absolute Gasteiger partial charge is 0.494 e. The quantitative estimate of drug-likeness (QED) is 0.262. The van der Waals surface area contributed by atoms with Crippen LogP contribution < -0.4 is 10.5 Å². The van der Waals surface area contributed by atoms with Gasteiger partial charge in [0.2, 0.25) is 0 Å². The molecule has 1 heterocycles. The number of rotatable bonds is 7. The lowest BCUT2D eigenvalue weighted by Crippen LogP contribution is -2.21. The van der Waals surface area contributed by atoms with Gasteiger partial charge in [-0.1, -0.05) is 17.3 Å². The lowest BCUT2D eigenvalue weighted by Gasteiger charge is -2.14. The Balaban J connectivity index is 1.67. The molecule has 0 saturated carbocycles. The summed E-state index contributed by atoms with van der Waals surface area (Å²) in [6.45, 7) is 4.35. The standard InChI is InChI=1S/C15H23N3O2/c16-15(17-19)12-13-4-6-14(7-5-13)20-11-3-10-18-8-1-2-9-18/h4-7,19H,1-3,8-12H2,(H2,16,17). The highest BCUT2D eigenvalue weighted by Gasteiger charge is 2.10. The van der Waals surface area contributed by atoms with Crippen LogP contribution >= 0.6 is 0 Å². The number of ether oxygens (including phenoxy) is 1. The van der Waals surface area contributed by atoms with E-state index in [4.69, 9.17) is 15.7 Å². The minimum atomic E-state index is 0.212. The molecule has 110 valence electrons. The van der Waals surface area contributed by atoms with Crippen molar-refractivity contribution in [2.45, 2.75) is 25.7 Å². The molecular weight excluding hydrogens is 254 g/mol. The van der Waals surface area contributed by atoms with Gasteiger partial charge in [-0.3, -0.25) is 0 Å². The summed E-state index contributed by atoms with van der Waals surface area (Å²) in [5, 5.41) is 11.5. The van der Waals surface area contributed by atoms with Gasteiger partial charge in [0.05, 0.1) is 6.61 Å². The van der Waals surface area contributed by atoms with Crippen LogP contribution in [-0.4, -0.2) is 42.2 Å². The first kappa shape index (κ1) is 14.7. The number of hydrogen-bond acceptors (Lipinski definition) is 4. The maximum Gasteiger partial charge on any atom is 0.143 e. The van der Waals surface area contributed by atoms with Crippen LogP contribution in [0.2, 0.25) is 0 Å². The molecular formula is C15H23N3O2. The molecule has 0 unspecified atom stereocenters. The van der Waals surface area contributed by atoms with Gasteiger partial charge in [-0.25, -0.2) is 0 Å². The summed E-state index contributed by atoms with van der Waals surface area (Å²) in [5.74, 6) is 1.08. The monoisotopic (exact) mass is 277 g/mol. The van der Waals surface area contributed by atoms with Gasteiger partial charge in [0, 0.05) is 13.0 Å². The van der Waals surface area contributed by atoms with E-state index in [0.29, 0.717) is 6.42 Å². The van der Waals surface area contributed by atoms with Gasteiger partial charge < -0.3 is 20.6 Å². The molecule has 0 atom stereocenters. The van der Waals surface area contributed by atoms with Crippen molar-refractivity contribution in [3.05, 3.63) is 29.8 Å². The van der Waals surface area contributed by atoms with Crippen LogP contribution in [0, 0.1) is 0 Å². The van der Waals surface area contributed by atoms with Crippen molar-refractivity contribution in [2.75, 3.05) is 26.2 Å². The Kier molecular flexibility index (Phi) is 5.68. The molecule has 1 saturated heterocycles. The Bertz CT molecular complexity index is 425. The summed E-state index contributed by atoms with van der Waals surface area (Å²) in [7, 11) is 0. The van der Waals surface area contributed by atoms with Gasteiger partial charge in [0.25, 0.3) is 0 Å². The van der Waals surface area contributed by atoms with Gasteiger partial charge in [-0.2, -0.15) is 0 Å². The Morgan fingerprint density at radius 1 is 1.25 bits per heavy atom. The van der Waals surface area contributed by atoms with E-state index in [2.05, 4.69) is 10.1 Å². The van der Waals surface area contributed by atoms with Gasteiger partial charge in [-0.15, -0.1) is 0 Å². The van der Waals surface area contributed by atoms with Gasteiger partial charge in [0.15, 0.2) is 0 Å². The third-order valence-electron chi connectivity index (χ3n) is 3.52. The second-order valence-electron chi connectivity index (χ2n) is 5.16. The predicted octanol–water partition coefficient (Wildman–Crippen LogP) is 1.84. The Morgan fingerprint density at radius 3 is 2.60 bits per heavy atom. The normalized spacial score (nSPS) is 16.5. The maximum absolute atomic E-state index is 8.52. The van der Waals surface area contributed by atoms with Crippen molar-refractivity contribution in [3.63, 3.8) is 0 Å². The molecule has 0 radical (unpaired) electrons. The minimum absolute atomic E-state index is 0.212. The van der Waals surface area contributed by atoms with E-state index in [0.717, 1.165) is 30.9 Å². The van der Waals surface area contributed by atoms with Crippen LogP contribution in [0.25, 0.3) is 0 Å². The van der Waals surface area contributed by atoms with Crippen LogP contribution in [0.3, 0.4) is 0 Å². The van der Waals surface area contributed by atoms with E-state index in [9.17, 15) is 0 Å². The molecule has 0 aromatic heterocycles. The van der Waals surface area contributed by atoms with E-state index in [1.165, 1.54) is 25.9 Å². The predicted molar refractivity (Wildman–Crippen MR) is 79.3 cm³/mol. The third-order valence-corrected chi connectivity index (χ3v) is 3.52. The van der Waals surface area contributed by atoms with E-state index in [-0.39, 0.29) is 5.84 Å². The first-order valence-corrected chi connectivity index (χ1v) is 7.18. The third kappa shape index (κ3) is 4.74. The molecule has 1 aromatic carbocycles. The number of likely N-dealkylation sites (tertiary alicyclic amines) is 1. The SMILES string of the molecule is NC(Cc1ccc(OCCCN2CCCC2)cc1)=NO. The fraction of sp³-hybridized carbons (Fsp3) is 0.533. The second-order valence-corrected chi connectivity index (χ2v) is 5.16. The Labute approximate surface area is 120 Å². The zero-order valence-corrected chi connectivity index (χ0v) is 11.8. The lowest BCUT2D eigenvalue weighted by atomic mass is 10.1. The smallest absolute Gasteiger partial charge is 0.143 e. The molecule has 0 spiro atoms. The minimum Gasteiger partial charge on any atom is -0.494 e. The van der Waals surface area contributed by atoms with E-state index in [1.807, 2.05) is 24.3 Å². The highest BCUT2D eigenvalue weighted by atomic mass is 16.5. The summed E-state index contributed by atoms with van der Waals surface area (Å²) in [6.07, 6.45) is 4.18. The summed E-state index contributed by atoms with van der Waals surface area (Å²) < 4.78 is 5.71. The molecule has 1 aliphatic rings. The van der Waals surface area contributed by atoms with Gasteiger partial charge in [-0.05, 0) is 50.0 Å². The van der Waals surface area contributed by atoms with Crippen molar-refractivity contribution >= 4 is 5.84 Å². The van der Waals surface area contributed by atoms with Crippen LogP contribution in [-0.2, 0) is 6.42 Å². The molecule has 20 heavy (non-hydrogen) atoms. The number of nitrogens with zero attached hydrogens (tertiary/aromatic N) is 2. The molecule has 0 amide bonds. The van der Waals surface area contributed by atoms with Crippen molar-refractivity contribution in [3.8, 4) is 5.75 Å². The van der Waals surface area contributed by atoms with Crippen molar-refractivity contribution in [1.82, 2.24) is 4.90 Å². The maximum atomic E-state index is 8.52. The molecule has 5 nitrogen and oxygen atoms in total. The summed E-state index contributed by atoms with van der Waals surface area (Å²) >= 11 is 0. The van der Waals surface area contributed by atoms with Crippen LogP contribution in [0.4, 0.5) is 0 Å². The highest BCUT2D eigenvalue weighted by Crippen LogP contribution is 2.13. The van der Waals surface area contributed by atoms with E-state index in [1.54, 1.807) is 0 Å². The average molecular weight is 277 g/mol. The molecule has 1 aliphatic heterocycles. The van der Waals surface area contributed by atoms with Crippen LogP contribution in [0.1, 0.15) is 24.8 Å². The fourth-order valence-electron chi connectivity index (χ4n) is 2.43. The Hall–Kier alpha value is -1.75. The summed E-state index contributed by atoms with van der Waals surface area (Å²) in [6, 6.07) is 7.73. The zero-order valence-electron chi connectivity index (χ0n) is 11.8. The Morgan fingerprint density at radius 2 is 1.95 bits per heavy atom. The first-order chi connectivity index (χ1) is 9.78. The molecule has 3 N–H and O–H groups in total. The highest BCUT2D eigenvalue weighted by molar-refractivity contribution is 5.82. The number of hydrogen-bond donors (Lipinski definition) is 2. The number of amidine groups is 1. The zero-order chi connectivity index (χ0) is 14.2. The van der Waals surface area contributed by atoms with Crippen LogP contribution in [0.15, 0.2) is 29.4 Å². The van der Waals surface area contributed by atoms with Crippen molar-refractivity contribution in [1.29, 1.82) is 0 Å². The molecule has 0 aliphatic carbocycles. The van der Waals surface area contributed by atoms with E-state index >= 15 is 0 Å². The molecule has 1 fully saturated rings. The number of benzene rings is 1. The topological polar surface area (TPSA) is 71.1 Å². The van der Waals surface area contributed by atoms with Crippen molar-refractivity contribution < 1.29 is 9.94 Å². The molecule has 5 heteroatoms. The second kappa shape index (κ2) is 7.75. The van der Waals surface area contributed by atoms with Gasteiger partial charge >= 0.3 is 0 Å². The molecule has 0 bridgehead atoms. The first-order valence-electron chi connectivity index (χ1n) is 7.18. The number of oxime groups is 1. The lowest BCUT2D eigenvalue weighted by molar-refractivity contribution is 0.263. The number of nitrogens with two attached hydrogens (primary N) is 1. The van der Waals surface area contributed by atoms with Crippen LogP contribution in [0.5, 0.6) is 5.75 Å². The van der Waals surface area contributed by atoms with E-state index < -0.39 is 0 Å². The summed E-state index contributed by atoms with van der Waals surface area (Å²) in [5.41, 5.74) is 6.47. The van der Waals surface area contributed by atoms with Crippen molar-refractivity contribution in [2.24, 2.45) is 10.9 Å². The molecule has 2 rings (SSSR count). The van der Waals surface area contributed by atoms with Gasteiger partial charge in [0.1, 0.15) is 11.6 Å².